The first-order chi connectivity index (χ1) is 9.90. The van der Waals surface area contributed by atoms with Crippen LogP contribution < -0.4 is 5.32 Å². The van der Waals surface area contributed by atoms with Gasteiger partial charge < -0.3 is 5.32 Å². The van der Waals surface area contributed by atoms with Crippen LogP contribution in [0.15, 0.2) is 30.3 Å². The first-order valence-electron chi connectivity index (χ1n) is 8.37. The summed E-state index contributed by atoms with van der Waals surface area (Å²) in [5.41, 5.74) is 1.46. The average Bonchev–Trinajstić information content (AvgIpc) is 3.01. The highest BCUT2D eigenvalue weighted by atomic mass is 15.1. The number of hydrogen-bond acceptors (Lipinski definition) is 2. The molecule has 0 bridgehead atoms. The predicted octanol–water partition coefficient (Wildman–Crippen LogP) is 3.29. The molecule has 0 radical (unpaired) electrons. The molecular weight excluding hydrogens is 244 g/mol. The maximum atomic E-state index is 3.49. The van der Waals surface area contributed by atoms with E-state index in [0.29, 0.717) is 0 Å². The zero-order chi connectivity index (χ0) is 13.6. The van der Waals surface area contributed by atoms with Crippen molar-refractivity contribution in [3.8, 4) is 0 Å². The number of hydrogen-bond donors (Lipinski definition) is 1. The Kier molecular flexibility index (Phi) is 5.10. The van der Waals surface area contributed by atoms with Crippen molar-refractivity contribution >= 4 is 0 Å². The summed E-state index contributed by atoms with van der Waals surface area (Å²) in [7, 11) is 0. The maximum Gasteiger partial charge on any atom is 0.0233 e. The van der Waals surface area contributed by atoms with Crippen LogP contribution in [0.25, 0.3) is 0 Å². The molecule has 1 aromatic rings. The lowest BCUT2D eigenvalue weighted by atomic mass is 9.88. The topological polar surface area (TPSA) is 15.3 Å². The van der Waals surface area contributed by atoms with E-state index in [9.17, 15) is 0 Å². The summed E-state index contributed by atoms with van der Waals surface area (Å²) < 4.78 is 0. The lowest BCUT2D eigenvalue weighted by Gasteiger charge is -2.32. The molecule has 1 atom stereocenters. The first kappa shape index (κ1) is 14.1. The Morgan fingerprint density at radius 3 is 2.40 bits per heavy atom. The minimum atomic E-state index is 0.970. The molecule has 2 heterocycles. The van der Waals surface area contributed by atoms with Gasteiger partial charge in [-0.3, -0.25) is 4.90 Å². The van der Waals surface area contributed by atoms with Crippen LogP contribution in [0.5, 0.6) is 0 Å². The number of nitrogens with zero attached hydrogens (tertiary/aromatic N) is 1. The zero-order valence-electron chi connectivity index (χ0n) is 12.6. The highest BCUT2D eigenvalue weighted by Gasteiger charge is 2.21. The third kappa shape index (κ3) is 4.07. The molecule has 0 aliphatic carbocycles. The normalized spacial score (nSPS) is 25.1. The Balaban J connectivity index is 1.36. The van der Waals surface area contributed by atoms with E-state index in [2.05, 4.69) is 40.5 Å². The number of benzene rings is 1. The molecule has 2 saturated heterocycles. The second kappa shape index (κ2) is 7.24. The van der Waals surface area contributed by atoms with Crippen molar-refractivity contribution in [2.45, 2.75) is 38.6 Å². The minimum Gasteiger partial charge on any atom is -0.316 e. The standard InChI is InChI=1S/C18H28N2/c1-2-4-18(5-3-1)15-20-12-9-16(10-13-20)6-7-17-8-11-19-14-17/h1-5,16-17,19H,6-15H2. The summed E-state index contributed by atoms with van der Waals surface area (Å²) >= 11 is 0. The monoisotopic (exact) mass is 272 g/mol. The van der Waals surface area contributed by atoms with Gasteiger partial charge in [0, 0.05) is 6.54 Å². The fourth-order valence-corrected chi connectivity index (χ4v) is 3.71. The number of rotatable bonds is 5. The minimum absolute atomic E-state index is 0.970. The maximum absolute atomic E-state index is 3.49. The Morgan fingerprint density at radius 1 is 0.950 bits per heavy atom. The van der Waals surface area contributed by atoms with Crippen LogP contribution in [-0.4, -0.2) is 31.1 Å². The van der Waals surface area contributed by atoms with Crippen LogP contribution in [0.1, 0.15) is 37.7 Å². The molecule has 1 aromatic carbocycles. The summed E-state index contributed by atoms with van der Waals surface area (Å²) in [5.74, 6) is 1.96. The molecule has 0 amide bonds. The number of piperidine rings is 1. The molecule has 0 spiro atoms. The third-order valence-corrected chi connectivity index (χ3v) is 5.10. The molecule has 0 aromatic heterocycles. The smallest absolute Gasteiger partial charge is 0.0233 e. The van der Waals surface area contributed by atoms with Crippen LogP contribution >= 0.6 is 0 Å². The lowest BCUT2D eigenvalue weighted by molar-refractivity contribution is 0.168. The Labute approximate surface area is 123 Å². The highest BCUT2D eigenvalue weighted by Crippen LogP contribution is 2.26. The van der Waals surface area contributed by atoms with Crippen molar-refractivity contribution in [2.24, 2.45) is 11.8 Å². The van der Waals surface area contributed by atoms with E-state index < -0.39 is 0 Å². The van der Waals surface area contributed by atoms with E-state index >= 15 is 0 Å². The van der Waals surface area contributed by atoms with E-state index in [1.807, 2.05) is 0 Å². The van der Waals surface area contributed by atoms with Gasteiger partial charge in [-0.2, -0.15) is 0 Å². The molecule has 0 saturated carbocycles. The van der Waals surface area contributed by atoms with Gasteiger partial charge in [-0.25, -0.2) is 0 Å². The van der Waals surface area contributed by atoms with E-state index in [4.69, 9.17) is 0 Å². The molecule has 1 N–H and O–H groups in total. The first-order valence-corrected chi connectivity index (χ1v) is 8.37. The van der Waals surface area contributed by atoms with Gasteiger partial charge in [-0.1, -0.05) is 36.8 Å². The molecule has 2 aliphatic rings. The largest absolute Gasteiger partial charge is 0.316 e. The van der Waals surface area contributed by atoms with Gasteiger partial charge in [0.1, 0.15) is 0 Å². The van der Waals surface area contributed by atoms with Crippen molar-refractivity contribution in [1.29, 1.82) is 0 Å². The van der Waals surface area contributed by atoms with Crippen LogP contribution in [0, 0.1) is 11.8 Å². The van der Waals surface area contributed by atoms with Gasteiger partial charge in [0.25, 0.3) is 0 Å². The molecule has 2 heteroatoms. The van der Waals surface area contributed by atoms with Gasteiger partial charge in [0.05, 0.1) is 0 Å². The van der Waals surface area contributed by atoms with Gasteiger partial charge in [-0.05, 0) is 69.3 Å². The van der Waals surface area contributed by atoms with E-state index in [-0.39, 0.29) is 0 Å². The van der Waals surface area contributed by atoms with Crippen molar-refractivity contribution in [1.82, 2.24) is 10.2 Å². The molecule has 110 valence electrons. The Hall–Kier alpha value is -0.860. The highest BCUT2D eigenvalue weighted by molar-refractivity contribution is 5.14. The average molecular weight is 272 g/mol. The third-order valence-electron chi connectivity index (χ3n) is 5.10. The SMILES string of the molecule is c1ccc(CN2CCC(CCC3CCNC3)CC2)cc1. The Morgan fingerprint density at radius 2 is 1.70 bits per heavy atom. The summed E-state index contributed by atoms with van der Waals surface area (Å²) in [6, 6.07) is 10.9. The van der Waals surface area contributed by atoms with Crippen molar-refractivity contribution in [3.63, 3.8) is 0 Å². The van der Waals surface area contributed by atoms with E-state index in [1.54, 1.807) is 0 Å². The lowest BCUT2D eigenvalue weighted by Crippen LogP contribution is -2.33. The zero-order valence-corrected chi connectivity index (χ0v) is 12.6. The molecule has 20 heavy (non-hydrogen) atoms. The van der Waals surface area contributed by atoms with Crippen LogP contribution in [0.3, 0.4) is 0 Å². The van der Waals surface area contributed by atoms with Crippen molar-refractivity contribution < 1.29 is 0 Å². The van der Waals surface area contributed by atoms with Crippen LogP contribution in [0.4, 0.5) is 0 Å². The number of likely N-dealkylation sites (tertiary alicyclic amines) is 1. The summed E-state index contributed by atoms with van der Waals surface area (Å²) in [6.45, 7) is 6.25. The van der Waals surface area contributed by atoms with E-state index in [1.165, 1.54) is 63.8 Å². The fourth-order valence-electron chi connectivity index (χ4n) is 3.71. The predicted molar refractivity (Wildman–Crippen MR) is 84.7 cm³/mol. The summed E-state index contributed by atoms with van der Waals surface area (Å²) in [6.07, 6.45) is 7.15. The molecule has 2 fully saturated rings. The van der Waals surface area contributed by atoms with E-state index in [0.717, 1.165) is 18.4 Å². The van der Waals surface area contributed by atoms with Gasteiger partial charge >= 0.3 is 0 Å². The van der Waals surface area contributed by atoms with Crippen LogP contribution in [-0.2, 0) is 6.54 Å². The summed E-state index contributed by atoms with van der Waals surface area (Å²) in [4.78, 5) is 2.63. The van der Waals surface area contributed by atoms with Gasteiger partial charge in [-0.15, -0.1) is 0 Å². The number of nitrogens with one attached hydrogen (secondary N) is 1. The molecular formula is C18H28N2. The fraction of sp³-hybridized carbons (Fsp3) is 0.667. The molecule has 2 nitrogen and oxygen atoms in total. The second-order valence-electron chi connectivity index (χ2n) is 6.64. The summed E-state index contributed by atoms with van der Waals surface area (Å²) in [5, 5.41) is 3.49. The van der Waals surface area contributed by atoms with Crippen molar-refractivity contribution in [2.75, 3.05) is 26.2 Å². The van der Waals surface area contributed by atoms with Gasteiger partial charge in [0.15, 0.2) is 0 Å². The second-order valence-corrected chi connectivity index (χ2v) is 6.64. The Bertz CT molecular complexity index is 376. The molecule has 2 aliphatic heterocycles. The van der Waals surface area contributed by atoms with Gasteiger partial charge in [0.2, 0.25) is 0 Å². The van der Waals surface area contributed by atoms with Crippen molar-refractivity contribution in [3.05, 3.63) is 35.9 Å². The molecule has 3 rings (SSSR count). The quantitative estimate of drug-likeness (QED) is 0.885. The van der Waals surface area contributed by atoms with Crippen LogP contribution in [0.2, 0.25) is 0 Å². The molecule has 1 unspecified atom stereocenters.